The van der Waals surface area contributed by atoms with E-state index in [2.05, 4.69) is 25.4 Å². The van der Waals surface area contributed by atoms with Gasteiger partial charge in [-0.15, -0.1) is 0 Å². The molecule has 0 radical (unpaired) electrons. The van der Waals surface area contributed by atoms with Crippen LogP contribution in [0.2, 0.25) is 0 Å². The van der Waals surface area contributed by atoms with Crippen LogP contribution in [0, 0.1) is 5.92 Å². The van der Waals surface area contributed by atoms with Crippen molar-refractivity contribution in [3.05, 3.63) is 11.5 Å². The Labute approximate surface area is 74.0 Å². The number of nitrogens with zero attached hydrogens (tertiary/aromatic N) is 1. The number of aliphatic imine (C=N–C) groups is 1. The van der Waals surface area contributed by atoms with Gasteiger partial charge in [0.1, 0.15) is 0 Å². The Kier molecular flexibility index (Phi) is 5.30. The van der Waals surface area contributed by atoms with E-state index < -0.39 is 0 Å². The molecular weight excluding hydrogens is 154 g/mol. The molecule has 0 aromatic heterocycles. The first-order chi connectivity index (χ1) is 5.06. The van der Waals surface area contributed by atoms with Crippen molar-refractivity contribution < 1.29 is 0 Å². The van der Waals surface area contributed by atoms with Crippen molar-refractivity contribution >= 4 is 16.8 Å². The Morgan fingerprint density at radius 1 is 1.55 bits per heavy atom. The molecule has 0 N–H and O–H groups in total. The zero-order chi connectivity index (χ0) is 8.85. The van der Waals surface area contributed by atoms with E-state index in [0.717, 1.165) is 11.3 Å². The van der Waals surface area contributed by atoms with Crippen LogP contribution >= 0.6 is 11.8 Å². The van der Waals surface area contributed by atoms with E-state index in [4.69, 9.17) is 0 Å². The molecule has 0 atom stereocenters. The maximum absolute atomic E-state index is 4.19. The van der Waals surface area contributed by atoms with E-state index in [1.807, 2.05) is 14.0 Å². The highest BCUT2D eigenvalue weighted by Crippen LogP contribution is 2.19. The molecule has 0 amide bonds. The second-order valence-electron chi connectivity index (χ2n) is 3.02. The fraction of sp³-hybridized carbons (Fsp3) is 0.667. The Balaban J connectivity index is 3.88. The molecule has 2 heteroatoms. The lowest BCUT2D eigenvalue weighted by atomic mass is 10.1. The first-order valence-electron chi connectivity index (χ1n) is 3.85. The van der Waals surface area contributed by atoms with Gasteiger partial charge >= 0.3 is 0 Å². The third-order valence-corrected chi connectivity index (χ3v) is 2.06. The van der Waals surface area contributed by atoms with Gasteiger partial charge in [-0.2, -0.15) is 0 Å². The minimum absolute atomic E-state index is 0.681. The molecule has 0 unspecified atom stereocenters. The van der Waals surface area contributed by atoms with Crippen molar-refractivity contribution in [3.8, 4) is 0 Å². The van der Waals surface area contributed by atoms with Crippen molar-refractivity contribution in [2.24, 2.45) is 10.9 Å². The van der Waals surface area contributed by atoms with Gasteiger partial charge in [0.15, 0.2) is 0 Å². The highest BCUT2D eigenvalue weighted by molar-refractivity contribution is 8.17. The number of allylic oxidation sites excluding steroid dienone is 1. The lowest BCUT2D eigenvalue weighted by molar-refractivity contribution is 0.688. The molecule has 1 nitrogen and oxygen atoms in total. The molecule has 0 rings (SSSR count). The summed E-state index contributed by atoms with van der Waals surface area (Å²) < 4.78 is 0. The average molecular weight is 171 g/mol. The first kappa shape index (κ1) is 10.8. The van der Waals surface area contributed by atoms with Crippen molar-refractivity contribution in [2.45, 2.75) is 27.2 Å². The standard InChI is InChI=1S/C9H17NS/c1-7(2)6-9(10-5)11-8(3)4/h7H,3,6H2,1-2,4-5H3. The molecule has 0 aromatic carbocycles. The van der Waals surface area contributed by atoms with Gasteiger partial charge in [0.25, 0.3) is 0 Å². The quantitative estimate of drug-likeness (QED) is 0.468. The van der Waals surface area contributed by atoms with Crippen molar-refractivity contribution in [1.82, 2.24) is 0 Å². The fourth-order valence-corrected chi connectivity index (χ4v) is 1.64. The van der Waals surface area contributed by atoms with Gasteiger partial charge in [0, 0.05) is 7.05 Å². The summed E-state index contributed by atoms with van der Waals surface area (Å²) >= 11 is 1.68. The van der Waals surface area contributed by atoms with Crippen LogP contribution in [0.4, 0.5) is 0 Å². The monoisotopic (exact) mass is 171 g/mol. The average Bonchev–Trinajstić information content (AvgIpc) is 1.84. The van der Waals surface area contributed by atoms with Gasteiger partial charge in [0.05, 0.1) is 5.04 Å². The highest BCUT2D eigenvalue weighted by Gasteiger charge is 2.02. The third-order valence-electron chi connectivity index (χ3n) is 1.12. The number of thioether (sulfide) groups is 1. The van der Waals surface area contributed by atoms with Crippen LogP contribution < -0.4 is 0 Å². The molecule has 0 aromatic rings. The van der Waals surface area contributed by atoms with Gasteiger partial charge in [-0.3, -0.25) is 4.99 Å². The Morgan fingerprint density at radius 2 is 2.09 bits per heavy atom. The third kappa shape index (κ3) is 6.17. The summed E-state index contributed by atoms with van der Waals surface area (Å²) in [4.78, 5) is 5.30. The van der Waals surface area contributed by atoms with Crippen LogP contribution in [-0.2, 0) is 0 Å². The molecular formula is C9H17NS. The Hall–Kier alpha value is -0.240. The molecule has 11 heavy (non-hydrogen) atoms. The summed E-state index contributed by atoms with van der Waals surface area (Å²) in [5.74, 6) is 0.681. The molecule has 0 fully saturated rings. The maximum Gasteiger partial charge on any atom is 0.0719 e. The molecule has 0 aliphatic carbocycles. The zero-order valence-electron chi connectivity index (χ0n) is 7.85. The minimum atomic E-state index is 0.681. The lowest BCUT2D eigenvalue weighted by Gasteiger charge is -2.06. The van der Waals surface area contributed by atoms with Gasteiger partial charge in [-0.1, -0.05) is 32.2 Å². The van der Waals surface area contributed by atoms with Crippen LogP contribution in [0.25, 0.3) is 0 Å². The van der Waals surface area contributed by atoms with E-state index >= 15 is 0 Å². The predicted octanol–water partition coefficient (Wildman–Crippen LogP) is 3.33. The number of hydrogen-bond acceptors (Lipinski definition) is 2. The smallest absolute Gasteiger partial charge is 0.0719 e. The highest BCUT2D eigenvalue weighted by atomic mass is 32.2. The molecule has 64 valence electrons. The topological polar surface area (TPSA) is 12.4 Å². The maximum atomic E-state index is 4.19. The first-order valence-corrected chi connectivity index (χ1v) is 4.67. The fourth-order valence-electron chi connectivity index (χ4n) is 0.729. The zero-order valence-corrected chi connectivity index (χ0v) is 8.66. The summed E-state index contributed by atoms with van der Waals surface area (Å²) in [5, 5.41) is 1.19. The van der Waals surface area contributed by atoms with Gasteiger partial charge in [0.2, 0.25) is 0 Å². The van der Waals surface area contributed by atoms with E-state index in [1.54, 1.807) is 11.8 Å². The molecule has 0 aliphatic heterocycles. The molecule has 0 saturated heterocycles. The predicted molar refractivity (Wildman–Crippen MR) is 55.2 cm³/mol. The van der Waals surface area contributed by atoms with Crippen LogP contribution in [0.1, 0.15) is 27.2 Å². The summed E-state index contributed by atoms with van der Waals surface area (Å²) in [6, 6.07) is 0. The summed E-state index contributed by atoms with van der Waals surface area (Å²) in [5.41, 5.74) is 0. The SMILES string of the molecule is C=C(C)SC(CC(C)C)=NC. The largest absolute Gasteiger partial charge is 0.286 e. The van der Waals surface area contributed by atoms with Crippen molar-refractivity contribution in [3.63, 3.8) is 0 Å². The summed E-state index contributed by atoms with van der Waals surface area (Å²) in [7, 11) is 1.84. The van der Waals surface area contributed by atoms with Gasteiger partial charge < -0.3 is 0 Å². The van der Waals surface area contributed by atoms with Crippen molar-refractivity contribution in [1.29, 1.82) is 0 Å². The molecule has 0 saturated carbocycles. The summed E-state index contributed by atoms with van der Waals surface area (Å²) in [6.07, 6.45) is 1.06. The normalized spacial score (nSPS) is 12.3. The lowest BCUT2D eigenvalue weighted by Crippen LogP contribution is -1.98. The van der Waals surface area contributed by atoms with E-state index in [-0.39, 0.29) is 0 Å². The van der Waals surface area contributed by atoms with E-state index in [0.29, 0.717) is 5.92 Å². The summed E-state index contributed by atoms with van der Waals surface area (Å²) in [6.45, 7) is 10.2. The second-order valence-corrected chi connectivity index (χ2v) is 4.39. The number of rotatable bonds is 3. The van der Waals surface area contributed by atoms with Gasteiger partial charge in [-0.25, -0.2) is 0 Å². The Bertz CT molecular complexity index is 159. The molecule has 0 spiro atoms. The van der Waals surface area contributed by atoms with E-state index in [1.165, 1.54) is 5.04 Å². The molecule has 0 heterocycles. The van der Waals surface area contributed by atoms with Gasteiger partial charge in [-0.05, 0) is 24.2 Å². The van der Waals surface area contributed by atoms with Crippen LogP contribution in [0.15, 0.2) is 16.5 Å². The second kappa shape index (κ2) is 5.42. The molecule has 0 aliphatic rings. The molecule has 0 bridgehead atoms. The Morgan fingerprint density at radius 3 is 2.36 bits per heavy atom. The van der Waals surface area contributed by atoms with Crippen molar-refractivity contribution in [2.75, 3.05) is 7.05 Å². The minimum Gasteiger partial charge on any atom is -0.286 e. The van der Waals surface area contributed by atoms with Crippen LogP contribution in [-0.4, -0.2) is 12.1 Å². The van der Waals surface area contributed by atoms with Crippen LogP contribution in [0.3, 0.4) is 0 Å². The number of hydrogen-bond donors (Lipinski definition) is 0. The van der Waals surface area contributed by atoms with Crippen LogP contribution in [0.5, 0.6) is 0 Å². The van der Waals surface area contributed by atoms with E-state index in [9.17, 15) is 0 Å².